The van der Waals surface area contributed by atoms with E-state index in [1.807, 2.05) is 0 Å². The summed E-state index contributed by atoms with van der Waals surface area (Å²) in [5.41, 5.74) is 1.50. The first-order valence-electron chi connectivity index (χ1n) is 17.5. The molecule has 0 heterocycles. The van der Waals surface area contributed by atoms with E-state index in [4.69, 9.17) is 17.0 Å². The Labute approximate surface area is 256 Å². The summed E-state index contributed by atoms with van der Waals surface area (Å²) in [6, 6.07) is 11.0. The van der Waals surface area contributed by atoms with E-state index in [0.717, 1.165) is 24.6 Å². The van der Waals surface area contributed by atoms with Gasteiger partial charge in [0.25, 0.3) is 0 Å². The van der Waals surface area contributed by atoms with E-state index in [2.05, 4.69) is 49.3 Å². The second-order valence-electron chi connectivity index (χ2n) is 12.5. The van der Waals surface area contributed by atoms with Gasteiger partial charge in [0, 0.05) is 13.0 Å². The topological polar surface area (TPSA) is 12.5 Å². The molecule has 0 saturated carbocycles. The number of hydrogen-bond acceptors (Lipinski definition) is 3. The van der Waals surface area contributed by atoms with Crippen molar-refractivity contribution in [1.29, 1.82) is 0 Å². The van der Waals surface area contributed by atoms with Crippen LogP contribution in [0.25, 0.3) is 0 Å². The fraction of sp³-hybridized carbons (Fsp3) is 0.811. The molecule has 0 saturated heterocycles. The Balaban J connectivity index is 1.65. The molecule has 40 heavy (non-hydrogen) atoms. The largest absolute Gasteiger partial charge is 0.486 e. The molecule has 0 unspecified atom stereocenters. The lowest BCUT2D eigenvalue weighted by atomic mass is 10.0. The maximum Gasteiger partial charge on any atom is 0.159 e. The molecule has 1 aromatic rings. The van der Waals surface area contributed by atoms with Gasteiger partial charge in [-0.1, -0.05) is 172 Å². The summed E-state index contributed by atoms with van der Waals surface area (Å²) in [6.07, 6.45) is 36.4. The molecule has 0 aliphatic rings. The van der Waals surface area contributed by atoms with Crippen LogP contribution in [0.15, 0.2) is 30.3 Å². The Morgan fingerprint density at radius 2 is 0.875 bits per heavy atom. The highest BCUT2D eigenvalue weighted by Gasteiger charge is 2.00. The standard InChI is InChI=1S/C37H67NOS/c1-38(2)34-35-39-37(40)33-29-24-22-20-18-16-14-12-10-8-6-4-3-5-7-9-11-13-15-17-19-21-23-26-30-36-31-27-25-28-32-36/h25,27-28,31-32H,3-24,26,29-30,33-35H2,1-2H3. The van der Waals surface area contributed by atoms with Crippen LogP contribution in [0.2, 0.25) is 0 Å². The summed E-state index contributed by atoms with van der Waals surface area (Å²) in [5.74, 6) is 0. The molecule has 0 spiro atoms. The maximum atomic E-state index is 5.61. The zero-order valence-electron chi connectivity index (χ0n) is 26.9. The monoisotopic (exact) mass is 573 g/mol. The SMILES string of the molecule is CN(C)CCOC(=S)CCCCCCCCCCCCCCCCCCCCCCCCCCc1ccccc1. The van der Waals surface area contributed by atoms with Crippen LogP contribution in [0, 0.1) is 0 Å². The lowest BCUT2D eigenvalue weighted by Gasteiger charge is -2.11. The minimum Gasteiger partial charge on any atom is -0.486 e. The van der Waals surface area contributed by atoms with Crippen molar-refractivity contribution in [2.24, 2.45) is 0 Å². The summed E-state index contributed by atoms with van der Waals surface area (Å²) in [4.78, 5) is 2.13. The third-order valence-electron chi connectivity index (χ3n) is 8.24. The average molecular weight is 574 g/mol. The van der Waals surface area contributed by atoms with E-state index in [1.165, 1.54) is 166 Å². The van der Waals surface area contributed by atoms with Crippen molar-refractivity contribution in [3.05, 3.63) is 35.9 Å². The van der Waals surface area contributed by atoms with Crippen molar-refractivity contribution in [3.8, 4) is 0 Å². The highest BCUT2D eigenvalue weighted by atomic mass is 32.1. The zero-order chi connectivity index (χ0) is 28.8. The minimum atomic E-state index is 0.725. The Morgan fingerprint density at radius 3 is 1.25 bits per heavy atom. The van der Waals surface area contributed by atoms with E-state index < -0.39 is 0 Å². The molecule has 0 aromatic heterocycles. The average Bonchev–Trinajstić information content (AvgIpc) is 2.95. The van der Waals surface area contributed by atoms with Gasteiger partial charge in [0.2, 0.25) is 0 Å². The van der Waals surface area contributed by atoms with Gasteiger partial charge in [0.1, 0.15) is 6.61 Å². The second-order valence-corrected chi connectivity index (χ2v) is 12.9. The van der Waals surface area contributed by atoms with E-state index in [9.17, 15) is 0 Å². The molecule has 0 fully saturated rings. The summed E-state index contributed by atoms with van der Waals surface area (Å²) >= 11 is 5.31. The highest BCUT2D eigenvalue weighted by Crippen LogP contribution is 2.16. The quantitative estimate of drug-likeness (QED) is 0.0671. The van der Waals surface area contributed by atoms with Gasteiger partial charge in [0.05, 0.1) is 0 Å². The van der Waals surface area contributed by atoms with Crippen molar-refractivity contribution in [1.82, 2.24) is 4.90 Å². The molecule has 2 nitrogen and oxygen atoms in total. The van der Waals surface area contributed by atoms with Gasteiger partial charge >= 0.3 is 0 Å². The molecule has 0 amide bonds. The first kappa shape index (κ1) is 37.1. The zero-order valence-corrected chi connectivity index (χ0v) is 27.8. The Morgan fingerprint density at radius 1 is 0.525 bits per heavy atom. The smallest absolute Gasteiger partial charge is 0.159 e. The number of ether oxygens (including phenoxy) is 1. The molecule has 0 aliphatic carbocycles. The summed E-state index contributed by atoms with van der Waals surface area (Å²) < 4.78 is 5.61. The van der Waals surface area contributed by atoms with Gasteiger partial charge in [-0.2, -0.15) is 0 Å². The van der Waals surface area contributed by atoms with Gasteiger partial charge < -0.3 is 9.64 Å². The van der Waals surface area contributed by atoms with Gasteiger partial charge in [-0.05, 0) is 51.1 Å². The first-order chi connectivity index (χ1) is 19.7. The molecule has 0 N–H and O–H groups in total. The lowest BCUT2D eigenvalue weighted by molar-refractivity contribution is 0.251. The number of thiocarbonyl (C=S) groups is 1. The van der Waals surface area contributed by atoms with Crippen molar-refractivity contribution in [3.63, 3.8) is 0 Å². The summed E-state index contributed by atoms with van der Waals surface area (Å²) in [5, 5.41) is 0.805. The van der Waals surface area contributed by atoms with Crippen molar-refractivity contribution in [2.75, 3.05) is 27.2 Å². The number of aryl methyl sites for hydroxylation is 1. The van der Waals surface area contributed by atoms with Gasteiger partial charge in [-0.25, -0.2) is 0 Å². The molecule has 0 aliphatic heterocycles. The number of hydrogen-bond donors (Lipinski definition) is 0. The molecule has 0 radical (unpaired) electrons. The van der Waals surface area contributed by atoms with Crippen LogP contribution < -0.4 is 0 Å². The molecule has 0 atom stereocenters. The predicted octanol–water partition coefficient (Wildman–Crippen LogP) is 11.9. The predicted molar refractivity (Wildman–Crippen MR) is 183 cm³/mol. The van der Waals surface area contributed by atoms with E-state index in [-0.39, 0.29) is 0 Å². The fourth-order valence-corrected chi connectivity index (χ4v) is 5.77. The highest BCUT2D eigenvalue weighted by molar-refractivity contribution is 7.80. The normalized spacial score (nSPS) is 11.4. The van der Waals surface area contributed by atoms with Crippen LogP contribution in [-0.4, -0.2) is 37.2 Å². The second kappa shape index (κ2) is 29.6. The van der Waals surface area contributed by atoms with E-state index in [0.29, 0.717) is 0 Å². The minimum absolute atomic E-state index is 0.725. The molecule has 232 valence electrons. The number of rotatable bonds is 30. The number of likely N-dealkylation sites (N-methyl/N-ethyl adjacent to an activating group) is 1. The van der Waals surface area contributed by atoms with Crippen molar-refractivity contribution < 1.29 is 4.74 Å². The molecular weight excluding hydrogens is 506 g/mol. The van der Waals surface area contributed by atoms with Crippen LogP contribution >= 0.6 is 12.2 Å². The van der Waals surface area contributed by atoms with Gasteiger partial charge in [-0.3, -0.25) is 0 Å². The van der Waals surface area contributed by atoms with Crippen LogP contribution in [0.5, 0.6) is 0 Å². The molecular formula is C37H67NOS. The van der Waals surface area contributed by atoms with Crippen LogP contribution in [0.3, 0.4) is 0 Å². The Kier molecular flexibility index (Phi) is 27.4. The van der Waals surface area contributed by atoms with Gasteiger partial charge in [0.15, 0.2) is 5.05 Å². The maximum absolute atomic E-state index is 5.61. The molecule has 0 bridgehead atoms. The van der Waals surface area contributed by atoms with Crippen LogP contribution in [0.1, 0.15) is 166 Å². The molecule has 1 aromatic carbocycles. The summed E-state index contributed by atoms with van der Waals surface area (Å²) in [7, 11) is 4.13. The number of benzene rings is 1. The fourth-order valence-electron chi connectivity index (χ4n) is 5.55. The Hall–Kier alpha value is -0.930. The van der Waals surface area contributed by atoms with Crippen molar-refractivity contribution >= 4 is 17.3 Å². The Bertz CT molecular complexity index is 647. The third-order valence-corrected chi connectivity index (χ3v) is 8.56. The molecule has 1 rings (SSSR count). The van der Waals surface area contributed by atoms with Crippen LogP contribution in [-0.2, 0) is 11.2 Å². The first-order valence-corrected chi connectivity index (χ1v) is 17.9. The number of unbranched alkanes of at least 4 members (excludes halogenated alkanes) is 23. The lowest BCUT2D eigenvalue weighted by Crippen LogP contribution is -2.19. The summed E-state index contributed by atoms with van der Waals surface area (Å²) in [6.45, 7) is 1.67. The molecule has 3 heteroatoms. The third kappa shape index (κ3) is 27.3. The van der Waals surface area contributed by atoms with E-state index in [1.54, 1.807) is 0 Å². The number of nitrogens with zero attached hydrogens (tertiary/aromatic N) is 1. The van der Waals surface area contributed by atoms with Crippen LogP contribution in [0.4, 0.5) is 0 Å². The van der Waals surface area contributed by atoms with E-state index >= 15 is 0 Å². The van der Waals surface area contributed by atoms with Crippen molar-refractivity contribution in [2.45, 2.75) is 167 Å². The van der Waals surface area contributed by atoms with Gasteiger partial charge in [-0.15, -0.1) is 0 Å².